The second-order valence-corrected chi connectivity index (χ2v) is 8.36. The first-order chi connectivity index (χ1) is 17.0. The Morgan fingerprint density at radius 2 is 1.71 bits per heavy atom. The summed E-state index contributed by atoms with van der Waals surface area (Å²) in [6.07, 6.45) is 1.60. The van der Waals surface area contributed by atoms with Crippen molar-refractivity contribution in [2.24, 2.45) is 0 Å². The largest absolute Gasteiger partial charge is 0.493 e. The highest BCUT2D eigenvalue weighted by molar-refractivity contribution is 5.89. The fraction of sp³-hybridized carbons (Fsp3) is 0.241. The molecule has 0 unspecified atom stereocenters. The fourth-order valence-electron chi connectivity index (χ4n) is 4.02. The minimum atomic E-state index is -0.904. The monoisotopic (exact) mass is 470 g/mol. The Bertz CT molecular complexity index is 1250. The van der Waals surface area contributed by atoms with Crippen LogP contribution in [0, 0.1) is 6.92 Å². The number of aryl methyl sites for hydroxylation is 1. The number of aromatic carboxylic acids is 1. The summed E-state index contributed by atoms with van der Waals surface area (Å²) in [6.45, 7) is 5.89. The summed E-state index contributed by atoms with van der Waals surface area (Å²) < 4.78 is 11.8. The van der Waals surface area contributed by atoms with Gasteiger partial charge in [-0.05, 0) is 61.4 Å². The third-order valence-electron chi connectivity index (χ3n) is 5.83. The van der Waals surface area contributed by atoms with Gasteiger partial charge in [0.05, 0.1) is 17.9 Å². The molecule has 0 aliphatic carbocycles. The summed E-state index contributed by atoms with van der Waals surface area (Å²) in [5.74, 6) is 1.31. The van der Waals surface area contributed by atoms with Gasteiger partial charge in [-0.3, -0.25) is 0 Å². The molecule has 0 spiro atoms. The maximum atomic E-state index is 11.6. The molecule has 6 heteroatoms. The van der Waals surface area contributed by atoms with E-state index in [4.69, 9.17) is 9.15 Å². The Labute approximate surface area is 205 Å². The lowest BCUT2D eigenvalue weighted by molar-refractivity contribution is 0.0695. The topological polar surface area (TPSA) is 75.8 Å². The number of benzene rings is 3. The number of carboxylic acid groups (broad SMARTS) is 1. The number of rotatable bonds is 11. The molecule has 0 atom stereocenters. The maximum absolute atomic E-state index is 11.6. The Kier molecular flexibility index (Phi) is 7.83. The molecule has 0 saturated carbocycles. The van der Waals surface area contributed by atoms with Gasteiger partial charge >= 0.3 is 5.97 Å². The third kappa shape index (κ3) is 6.09. The van der Waals surface area contributed by atoms with Gasteiger partial charge in [-0.25, -0.2) is 9.78 Å². The van der Waals surface area contributed by atoms with Crippen molar-refractivity contribution in [1.82, 2.24) is 4.98 Å². The molecule has 0 radical (unpaired) electrons. The molecule has 4 aromatic rings. The molecule has 1 heterocycles. The fourth-order valence-corrected chi connectivity index (χ4v) is 4.02. The van der Waals surface area contributed by atoms with E-state index in [1.54, 1.807) is 12.1 Å². The van der Waals surface area contributed by atoms with E-state index >= 15 is 0 Å². The molecule has 0 amide bonds. The van der Waals surface area contributed by atoms with E-state index in [1.165, 1.54) is 0 Å². The van der Waals surface area contributed by atoms with Crippen molar-refractivity contribution >= 4 is 11.7 Å². The van der Waals surface area contributed by atoms with Crippen LogP contribution in [0.1, 0.15) is 40.7 Å². The first-order valence-electron chi connectivity index (χ1n) is 11.9. The van der Waals surface area contributed by atoms with E-state index in [2.05, 4.69) is 16.8 Å². The van der Waals surface area contributed by atoms with Crippen LogP contribution in [-0.2, 0) is 13.0 Å². The number of ether oxygens (including phenoxy) is 1. The summed E-state index contributed by atoms with van der Waals surface area (Å²) in [4.78, 5) is 18.4. The third-order valence-corrected chi connectivity index (χ3v) is 5.83. The molecule has 180 valence electrons. The van der Waals surface area contributed by atoms with Crippen molar-refractivity contribution in [3.05, 3.63) is 101 Å². The zero-order valence-electron chi connectivity index (χ0n) is 20.1. The first-order valence-corrected chi connectivity index (χ1v) is 11.9. The highest BCUT2D eigenvalue weighted by Crippen LogP contribution is 2.24. The van der Waals surface area contributed by atoms with Crippen LogP contribution < -0.4 is 9.64 Å². The number of hydrogen-bond donors (Lipinski definition) is 1. The zero-order chi connectivity index (χ0) is 24.6. The molecule has 0 aliphatic heterocycles. The lowest BCUT2D eigenvalue weighted by atomic mass is 10.1. The quantitative estimate of drug-likeness (QED) is 0.274. The predicted molar refractivity (Wildman–Crippen MR) is 137 cm³/mol. The van der Waals surface area contributed by atoms with Gasteiger partial charge in [-0.2, -0.15) is 0 Å². The van der Waals surface area contributed by atoms with E-state index < -0.39 is 5.97 Å². The lowest BCUT2D eigenvalue weighted by Gasteiger charge is -2.25. The van der Waals surface area contributed by atoms with Crippen molar-refractivity contribution in [3.8, 4) is 17.2 Å². The lowest BCUT2D eigenvalue weighted by Crippen LogP contribution is -2.24. The van der Waals surface area contributed by atoms with Gasteiger partial charge < -0.3 is 19.2 Å². The van der Waals surface area contributed by atoms with Crippen LogP contribution in [0.4, 0.5) is 5.69 Å². The molecule has 0 bridgehead atoms. The summed E-state index contributed by atoms with van der Waals surface area (Å²) >= 11 is 0. The van der Waals surface area contributed by atoms with Crippen LogP contribution >= 0.6 is 0 Å². The van der Waals surface area contributed by atoms with E-state index in [1.807, 2.05) is 73.7 Å². The van der Waals surface area contributed by atoms with Gasteiger partial charge in [0.1, 0.15) is 11.5 Å². The molecular weight excluding hydrogens is 440 g/mol. The van der Waals surface area contributed by atoms with E-state index in [9.17, 15) is 9.90 Å². The number of carboxylic acids is 1. The number of carbonyl (C=O) groups is 1. The van der Waals surface area contributed by atoms with Crippen LogP contribution in [0.15, 0.2) is 83.3 Å². The standard InChI is InChI=1S/C29H30N2O4/c1-3-18-31(20-23-11-7-8-12-26(23)29(32)33)24-13-15-25(16-14-24)34-19-17-27-21(2)35-28(30-27)22-9-5-4-6-10-22/h4-16H,3,17-20H2,1-2H3,(H,32,33). The minimum Gasteiger partial charge on any atom is -0.493 e. The van der Waals surface area contributed by atoms with Gasteiger partial charge in [-0.15, -0.1) is 0 Å². The molecule has 0 saturated heterocycles. The number of anilines is 1. The average Bonchev–Trinajstić information content (AvgIpc) is 3.25. The molecule has 35 heavy (non-hydrogen) atoms. The first kappa shape index (κ1) is 24.1. The Hall–Kier alpha value is -4.06. The van der Waals surface area contributed by atoms with Gasteiger partial charge in [0.25, 0.3) is 0 Å². The van der Waals surface area contributed by atoms with E-state index in [-0.39, 0.29) is 0 Å². The van der Waals surface area contributed by atoms with Crippen LogP contribution in [0.2, 0.25) is 0 Å². The predicted octanol–water partition coefficient (Wildman–Crippen LogP) is 6.39. The Morgan fingerprint density at radius 3 is 2.43 bits per heavy atom. The van der Waals surface area contributed by atoms with E-state index in [0.717, 1.165) is 47.0 Å². The molecule has 6 nitrogen and oxygen atoms in total. The molecule has 1 aromatic heterocycles. The second-order valence-electron chi connectivity index (χ2n) is 8.36. The van der Waals surface area contributed by atoms with Gasteiger partial charge in [-0.1, -0.05) is 43.3 Å². The Morgan fingerprint density at radius 1 is 1.00 bits per heavy atom. The second kappa shape index (κ2) is 11.4. The van der Waals surface area contributed by atoms with Crippen molar-refractivity contribution in [3.63, 3.8) is 0 Å². The number of aromatic nitrogens is 1. The average molecular weight is 471 g/mol. The van der Waals surface area contributed by atoms with Gasteiger partial charge in [0.2, 0.25) is 5.89 Å². The summed E-state index contributed by atoms with van der Waals surface area (Å²) in [6, 6.07) is 25.0. The van der Waals surface area contributed by atoms with Crippen molar-refractivity contribution in [2.75, 3.05) is 18.1 Å². The SMILES string of the molecule is CCCN(Cc1ccccc1C(=O)O)c1ccc(OCCc2nc(-c3ccccc3)oc2C)cc1. The zero-order valence-corrected chi connectivity index (χ0v) is 20.1. The molecule has 1 N–H and O–H groups in total. The number of nitrogens with zero attached hydrogens (tertiary/aromatic N) is 2. The molecule has 3 aromatic carbocycles. The van der Waals surface area contributed by atoms with Crippen molar-refractivity contribution in [1.29, 1.82) is 0 Å². The van der Waals surface area contributed by atoms with Crippen LogP contribution in [0.3, 0.4) is 0 Å². The highest BCUT2D eigenvalue weighted by atomic mass is 16.5. The summed E-state index contributed by atoms with van der Waals surface area (Å²) in [5.41, 5.74) is 4.02. The number of hydrogen-bond acceptors (Lipinski definition) is 5. The van der Waals surface area contributed by atoms with Crippen molar-refractivity contribution < 1.29 is 19.1 Å². The minimum absolute atomic E-state index is 0.340. The van der Waals surface area contributed by atoms with Crippen molar-refractivity contribution in [2.45, 2.75) is 33.2 Å². The normalized spacial score (nSPS) is 10.8. The maximum Gasteiger partial charge on any atom is 0.336 e. The summed E-state index contributed by atoms with van der Waals surface area (Å²) in [7, 11) is 0. The van der Waals surface area contributed by atoms with Crippen LogP contribution in [0.5, 0.6) is 5.75 Å². The molecule has 0 aliphatic rings. The Balaban J connectivity index is 1.38. The molecular formula is C29H30N2O4. The number of oxazole rings is 1. The van der Waals surface area contributed by atoms with E-state index in [0.29, 0.717) is 31.0 Å². The molecule has 4 rings (SSSR count). The highest BCUT2D eigenvalue weighted by Gasteiger charge is 2.14. The van der Waals surface area contributed by atoms with Crippen LogP contribution in [0.25, 0.3) is 11.5 Å². The molecule has 0 fully saturated rings. The van der Waals surface area contributed by atoms with Gasteiger partial charge in [0, 0.05) is 30.8 Å². The smallest absolute Gasteiger partial charge is 0.336 e. The van der Waals surface area contributed by atoms with Gasteiger partial charge in [0.15, 0.2) is 0 Å². The summed E-state index contributed by atoms with van der Waals surface area (Å²) in [5, 5.41) is 9.51. The van der Waals surface area contributed by atoms with Crippen LogP contribution in [-0.4, -0.2) is 29.2 Å².